The van der Waals surface area contributed by atoms with Crippen molar-refractivity contribution in [2.45, 2.75) is 46.5 Å². The normalized spacial score (nSPS) is 14.1. The van der Waals surface area contributed by atoms with Crippen LogP contribution in [-0.4, -0.2) is 22.6 Å². The van der Waals surface area contributed by atoms with Crippen LogP contribution < -0.4 is 4.90 Å². The first-order chi connectivity index (χ1) is 12.5. The van der Waals surface area contributed by atoms with Gasteiger partial charge in [-0.25, -0.2) is 4.98 Å². The number of carbonyl (C=O) groups excluding carboxylic acids is 1. The molecule has 5 heteroatoms. The fourth-order valence-electron chi connectivity index (χ4n) is 3.77. The number of nitrogens with zero attached hydrogens (tertiary/aromatic N) is 3. The topological polar surface area (TPSA) is 59.2 Å². The number of carbonyl (C=O) groups is 1. The van der Waals surface area contributed by atoms with Crippen LogP contribution >= 0.6 is 0 Å². The van der Waals surface area contributed by atoms with E-state index < -0.39 is 0 Å². The van der Waals surface area contributed by atoms with E-state index in [9.17, 15) is 4.79 Å². The van der Waals surface area contributed by atoms with Crippen molar-refractivity contribution in [1.82, 2.24) is 10.1 Å². The van der Waals surface area contributed by atoms with Crippen molar-refractivity contribution in [3.8, 4) is 0 Å². The Morgan fingerprint density at radius 2 is 2.08 bits per heavy atom. The maximum absolute atomic E-state index is 13.6. The lowest BCUT2D eigenvalue weighted by atomic mass is 9.96. The number of pyridine rings is 1. The Kier molecular flexibility index (Phi) is 4.02. The number of hydrogen-bond acceptors (Lipinski definition) is 4. The van der Waals surface area contributed by atoms with Crippen LogP contribution in [0.15, 0.2) is 28.8 Å². The van der Waals surface area contributed by atoms with Crippen molar-refractivity contribution < 1.29 is 9.32 Å². The van der Waals surface area contributed by atoms with Gasteiger partial charge in [0.05, 0.1) is 22.3 Å². The number of hydrogen-bond donors (Lipinski definition) is 0. The molecule has 1 aliphatic rings. The second-order valence-electron chi connectivity index (χ2n) is 7.34. The number of amides is 1. The van der Waals surface area contributed by atoms with Crippen LogP contribution in [0.5, 0.6) is 0 Å². The molecule has 0 saturated heterocycles. The van der Waals surface area contributed by atoms with Gasteiger partial charge in [0.25, 0.3) is 11.6 Å². The number of benzene rings is 1. The Balaban J connectivity index is 1.89. The molecule has 3 aromatic rings. The van der Waals surface area contributed by atoms with Gasteiger partial charge in [-0.3, -0.25) is 4.79 Å². The van der Waals surface area contributed by atoms with E-state index in [0.29, 0.717) is 17.0 Å². The molecule has 1 aliphatic heterocycles. The summed E-state index contributed by atoms with van der Waals surface area (Å²) in [6.45, 7) is 8.77. The molecular weight excluding hydrogens is 326 g/mol. The summed E-state index contributed by atoms with van der Waals surface area (Å²) < 4.78 is 5.38. The van der Waals surface area contributed by atoms with Crippen LogP contribution in [-0.2, 0) is 6.42 Å². The third-order valence-corrected chi connectivity index (χ3v) is 5.12. The molecular formula is C21H23N3O2. The molecule has 0 unspecified atom stereocenters. The van der Waals surface area contributed by atoms with Crippen molar-refractivity contribution >= 4 is 22.7 Å². The minimum atomic E-state index is 0.000787. The summed E-state index contributed by atoms with van der Waals surface area (Å²) in [6, 6.07) is 8.16. The monoisotopic (exact) mass is 349 g/mol. The first kappa shape index (κ1) is 16.8. The Morgan fingerprint density at radius 1 is 1.27 bits per heavy atom. The zero-order valence-corrected chi connectivity index (χ0v) is 15.7. The van der Waals surface area contributed by atoms with E-state index in [1.165, 1.54) is 5.56 Å². The molecule has 0 fully saturated rings. The summed E-state index contributed by atoms with van der Waals surface area (Å²) in [4.78, 5) is 20.0. The van der Waals surface area contributed by atoms with Gasteiger partial charge in [0.2, 0.25) is 0 Å². The van der Waals surface area contributed by atoms with Gasteiger partial charge in [-0.05, 0) is 49.8 Å². The maximum atomic E-state index is 13.6. The number of anilines is 1. The van der Waals surface area contributed by atoms with Gasteiger partial charge in [-0.2, -0.15) is 0 Å². The Hall–Kier alpha value is -2.69. The third kappa shape index (κ3) is 2.59. The van der Waals surface area contributed by atoms with E-state index in [2.05, 4.69) is 49.1 Å². The van der Waals surface area contributed by atoms with Crippen molar-refractivity contribution in [2.24, 2.45) is 0 Å². The van der Waals surface area contributed by atoms with Gasteiger partial charge >= 0.3 is 0 Å². The van der Waals surface area contributed by atoms with E-state index in [1.807, 2.05) is 17.9 Å². The summed E-state index contributed by atoms with van der Waals surface area (Å²) in [5.41, 5.74) is 6.04. The highest BCUT2D eigenvalue weighted by atomic mass is 16.5. The summed E-state index contributed by atoms with van der Waals surface area (Å²) in [6.07, 6.45) is 1.98. The molecule has 4 rings (SSSR count). The van der Waals surface area contributed by atoms with Crippen molar-refractivity contribution in [1.29, 1.82) is 0 Å². The lowest BCUT2D eigenvalue weighted by molar-refractivity contribution is 0.0986. The van der Waals surface area contributed by atoms with E-state index in [4.69, 9.17) is 4.52 Å². The fourth-order valence-corrected chi connectivity index (χ4v) is 3.77. The van der Waals surface area contributed by atoms with Gasteiger partial charge in [-0.1, -0.05) is 37.2 Å². The lowest BCUT2D eigenvalue weighted by Gasteiger charge is -2.31. The molecule has 134 valence electrons. The summed E-state index contributed by atoms with van der Waals surface area (Å²) in [7, 11) is 0. The minimum Gasteiger partial charge on any atom is -0.336 e. The zero-order chi connectivity index (χ0) is 18.4. The quantitative estimate of drug-likeness (QED) is 0.681. The number of para-hydroxylation sites is 1. The highest BCUT2D eigenvalue weighted by Crippen LogP contribution is 2.33. The van der Waals surface area contributed by atoms with Crippen LogP contribution in [0.3, 0.4) is 0 Å². The Morgan fingerprint density at radius 3 is 2.85 bits per heavy atom. The first-order valence-electron chi connectivity index (χ1n) is 9.14. The predicted molar refractivity (Wildman–Crippen MR) is 102 cm³/mol. The molecule has 1 aromatic carbocycles. The molecule has 0 bridgehead atoms. The SMILES string of the molecule is Cc1cccc2c1N(C(=O)c1cc(C(C)C)nc3onc(C)c13)CCC2. The lowest BCUT2D eigenvalue weighted by Crippen LogP contribution is -2.36. The number of fused-ring (bicyclic) bond motifs is 2. The van der Waals surface area contributed by atoms with Crippen LogP contribution in [0.1, 0.15) is 59.1 Å². The maximum Gasteiger partial charge on any atom is 0.259 e. The van der Waals surface area contributed by atoms with E-state index in [1.54, 1.807) is 0 Å². The van der Waals surface area contributed by atoms with Crippen molar-refractivity contribution in [3.63, 3.8) is 0 Å². The predicted octanol–water partition coefficient (Wildman–Crippen LogP) is 4.56. The first-order valence-corrected chi connectivity index (χ1v) is 9.14. The van der Waals surface area contributed by atoms with Crippen molar-refractivity contribution in [3.05, 3.63) is 52.3 Å². The molecule has 26 heavy (non-hydrogen) atoms. The van der Waals surface area contributed by atoms with Crippen LogP contribution in [0.25, 0.3) is 11.1 Å². The average molecular weight is 349 g/mol. The Labute approximate surface area is 153 Å². The molecule has 0 N–H and O–H groups in total. The van der Waals surface area contributed by atoms with Gasteiger partial charge in [0.1, 0.15) is 0 Å². The molecule has 0 atom stereocenters. The minimum absolute atomic E-state index is 0.000787. The summed E-state index contributed by atoms with van der Waals surface area (Å²) in [5.74, 6) is 0.201. The fraction of sp³-hybridized carbons (Fsp3) is 0.381. The van der Waals surface area contributed by atoms with E-state index >= 15 is 0 Å². The van der Waals surface area contributed by atoms with Crippen LogP contribution in [0.4, 0.5) is 5.69 Å². The van der Waals surface area contributed by atoms with Gasteiger partial charge in [0.15, 0.2) is 0 Å². The second kappa shape index (κ2) is 6.24. The van der Waals surface area contributed by atoms with Gasteiger partial charge < -0.3 is 9.42 Å². The second-order valence-corrected chi connectivity index (χ2v) is 7.34. The highest BCUT2D eigenvalue weighted by molar-refractivity contribution is 6.14. The largest absolute Gasteiger partial charge is 0.336 e. The molecule has 3 heterocycles. The van der Waals surface area contributed by atoms with Crippen molar-refractivity contribution in [2.75, 3.05) is 11.4 Å². The molecule has 0 spiro atoms. The molecule has 2 aromatic heterocycles. The average Bonchev–Trinajstić information content (AvgIpc) is 3.01. The molecule has 0 aliphatic carbocycles. The van der Waals surface area contributed by atoms with Gasteiger partial charge in [-0.15, -0.1) is 0 Å². The van der Waals surface area contributed by atoms with E-state index in [0.717, 1.165) is 41.7 Å². The highest BCUT2D eigenvalue weighted by Gasteiger charge is 2.28. The summed E-state index contributed by atoms with van der Waals surface area (Å²) >= 11 is 0. The van der Waals surface area contributed by atoms with E-state index in [-0.39, 0.29) is 11.8 Å². The number of rotatable bonds is 2. The third-order valence-electron chi connectivity index (χ3n) is 5.12. The summed E-state index contributed by atoms with van der Waals surface area (Å²) in [5, 5.41) is 4.76. The smallest absolute Gasteiger partial charge is 0.259 e. The zero-order valence-electron chi connectivity index (χ0n) is 15.7. The number of aryl methyl sites for hydroxylation is 3. The van der Waals surface area contributed by atoms with Gasteiger partial charge in [0, 0.05) is 12.2 Å². The number of aromatic nitrogens is 2. The standard InChI is InChI=1S/C21H23N3O2/c1-12(2)17-11-16(18-14(4)23-26-20(18)22-17)21(25)24-10-6-9-15-8-5-7-13(3)19(15)24/h5,7-8,11-12H,6,9-10H2,1-4H3. The molecule has 0 saturated carbocycles. The Bertz CT molecular complexity index is 1000. The molecule has 0 radical (unpaired) electrons. The molecule has 5 nitrogen and oxygen atoms in total. The molecule has 1 amide bonds. The van der Waals surface area contributed by atoms with Crippen LogP contribution in [0, 0.1) is 13.8 Å². The van der Waals surface area contributed by atoms with Crippen LogP contribution in [0.2, 0.25) is 0 Å².